The number of para-hydroxylation sites is 2. The maximum atomic E-state index is 5.97. The van der Waals surface area contributed by atoms with Gasteiger partial charge in [-0.3, -0.25) is 0 Å². The van der Waals surface area contributed by atoms with Crippen molar-refractivity contribution in [2.24, 2.45) is 0 Å². The minimum Gasteiger partial charge on any atom is -0.325 e. The van der Waals surface area contributed by atoms with E-state index in [2.05, 4.69) is 41.5 Å². The summed E-state index contributed by atoms with van der Waals surface area (Å²) in [4.78, 5) is 6.76. The van der Waals surface area contributed by atoms with Gasteiger partial charge in [-0.15, -0.1) is 11.6 Å². The molecule has 0 bridgehead atoms. The van der Waals surface area contributed by atoms with Crippen molar-refractivity contribution in [2.75, 3.05) is 14.1 Å². The van der Waals surface area contributed by atoms with Crippen LogP contribution in [0.2, 0.25) is 0 Å². The second kappa shape index (κ2) is 5.07. The molecular weight excluding hydrogens is 234 g/mol. The lowest BCUT2D eigenvalue weighted by Crippen LogP contribution is -2.29. The van der Waals surface area contributed by atoms with Gasteiger partial charge in [-0.05, 0) is 33.2 Å². The summed E-state index contributed by atoms with van der Waals surface area (Å²) >= 11 is 5.97. The maximum absolute atomic E-state index is 5.97. The summed E-state index contributed by atoms with van der Waals surface area (Å²) in [6.07, 6.45) is 0. The van der Waals surface area contributed by atoms with E-state index < -0.39 is 0 Å². The number of nitrogens with zero attached hydrogens (tertiary/aromatic N) is 3. The van der Waals surface area contributed by atoms with Crippen LogP contribution in [0.15, 0.2) is 24.3 Å². The minimum absolute atomic E-state index is 0.453. The Labute approximate surface area is 107 Å². The molecule has 0 saturated heterocycles. The topological polar surface area (TPSA) is 21.1 Å². The van der Waals surface area contributed by atoms with Gasteiger partial charge < -0.3 is 9.47 Å². The van der Waals surface area contributed by atoms with Crippen molar-refractivity contribution in [3.63, 3.8) is 0 Å². The van der Waals surface area contributed by atoms with Crippen molar-refractivity contribution in [2.45, 2.75) is 25.4 Å². The largest absolute Gasteiger partial charge is 0.325 e. The summed E-state index contributed by atoms with van der Waals surface area (Å²) in [7, 11) is 4.17. The van der Waals surface area contributed by atoms with Crippen molar-refractivity contribution in [3.8, 4) is 0 Å². The van der Waals surface area contributed by atoms with E-state index in [0.717, 1.165) is 23.4 Å². The molecule has 1 aromatic carbocycles. The number of aromatic nitrogens is 2. The van der Waals surface area contributed by atoms with E-state index in [1.165, 1.54) is 0 Å². The molecule has 1 aromatic heterocycles. The van der Waals surface area contributed by atoms with Crippen LogP contribution in [0.5, 0.6) is 0 Å². The number of hydrogen-bond acceptors (Lipinski definition) is 2. The van der Waals surface area contributed by atoms with E-state index in [1.54, 1.807) is 0 Å². The molecule has 0 saturated carbocycles. The third kappa shape index (κ3) is 2.45. The van der Waals surface area contributed by atoms with E-state index in [1.807, 2.05) is 18.2 Å². The third-order valence-electron chi connectivity index (χ3n) is 3.18. The third-order valence-corrected chi connectivity index (χ3v) is 3.42. The van der Waals surface area contributed by atoms with Gasteiger partial charge in [0.15, 0.2) is 0 Å². The fraction of sp³-hybridized carbons (Fsp3) is 0.462. The number of halogens is 1. The molecule has 0 spiro atoms. The fourth-order valence-electron chi connectivity index (χ4n) is 1.86. The Hall–Kier alpha value is -1.06. The number of alkyl halides is 1. The highest BCUT2D eigenvalue weighted by atomic mass is 35.5. The normalized spacial score (nSPS) is 13.5. The molecule has 17 heavy (non-hydrogen) atoms. The number of fused-ring (bicyclic) bond motifs is 1. The Kier molecular flexibility index (Phi) is 3.69. The number of likely N-dealkylation sites (N-methyl/N-ethyl adjacent to an activating group) is 1. The van der Waals surface area contributed by atoms with Crippen molar-refractivity contribution >= 4 is 22.6 Å². The monoisotopic (exact) mass is 251 g/mol. The quantitative estimate of drug-likeness (QED) is 0.780. The van der Waals surface area contributed by atoms with Crippen LogP contribution in [0, 0.1) is 0 Å². The standard InChI is InChI=1S/C13H18ClN3/c1-10(16(2)3)9-17-12-7-5-4-6-11(12)15-13(17)8-14/h4-7,10H,8-9H2,1-3H3. The van der Waals surface area contributed by atoms with Gasteiger partial charge in [0, 0.05) is 12.6 Å². The van der Waals surface area contributed by atoms with Gasteiger partial charge in [0.1, 0.15) is 5.82 Å². The van der Waals surface area contributed by atoms with E-state index >= 15 is 0 Å². The first-order chi connectivity index (χ1) is 8.13. The highest BCUT2D eigenvalue weighted by molar-refractivity contribution is 6.16. The van der Waals surface area contributed by atoms with Crippen molar-refractivity contribution < 1.29 is 0 Å². The molecular formula is C13H18ClN3. The summed E-state index contributed by atoms with van der Waals surface area (Å²) in [5.74, 6) is 1.40. The Morgan fingerprint density at radius 2 is 2.06 bits per heavy atom. The van der Waals surface area contributed by atoms with Crippen LogP contribution in [0.1, 0.15) is 12.7 Å². The summed E-state index contributed by atoms with van der Waals surface area (Å²) in [6, 6.07) is 8.63. The van der Waals surface area contributed by atoms with E-state index in [9.17, 15) is 0 Å². The summed E-state index contributed by atoms with van der Waals surface area (Å²) in [6.45, 7) is 3.11. The highest BCUT2D eigenvalue weighted by Gasteiger charge is 2.13. The highest BCUT2D eigenvalue weighted by Crippen LogP contribution is 2.18. The van der Waals surface area contributed by atoms with Crippen LogP contribution < -0.4 is 0 Å². The molecule has 0 aliphatic heterocycles. The van der Waals surface area contributed by atoms with Gasteiger partial charge in [0.2, 0.25) is 0 Å². The smallest absolute Gasteiger partial charge is 0.124 e. The van der Waals surface area contributed by atoms with Crippen molar-refractivity contribution in [1.29, 1.82) is 0 Å². The molecule has 1 heterocycles. The predicted molar refractivity (Wildman–Crippen MR) is 72.4 cm³/mol. The number of imidazole rings is 1. The van der Waals surface area contributed by atoms with Gasteiger partial charge in [-0.2, -0.15) is 0 Å². The number of benzene rings is 1. The van der Waals surface area contributed by atoms with Gasteiger partial charge >= 0.3 is 0 Å². The molecule has 1 atom stereocenters. The molecule has 2 rings (SSSR count). The molecule has 0 fully saturated rings. The fourth-order valence-corrected chi connectivity index (χ4v) is 2.06. The Morgan fingerprint density at radius 3 is 2.71 bits per heavy atom. The van der Waals surface area contributed by atoms with E-state index in [4.69, 9.17) is 11.6 Å². The first kappa shape index (κ1) is 12.4. The average Bonchev–Trinajstić information content (AvgIpc) is 2.67. The SMILES string of the molecule is CC(Cn1c(CCl)nc2ccccc21)N(C)C. The molecule has 0 amide bonds. The van der Waals surface area contributed by atoms with Gasteiger partial charge in [-0.25, -0.2) is 4.98 Å². The Balaban J connectivity index is 2.43. The zero-order chi connectivity index (χ0) is 12.4. The molecule has 0 N–H and O–H groups in total. The van der Waals surface area contributed by atoms with Gasteiger partial charge in [0.25, 0.3) is 0 Å². The van der Waals surface area contributed by atoms with Crippen LogP contribution in [0.25, 0.3) is 11.0 Å². The Bertz CT molecular complexity index is 504. The zero-order valence-corrected chi connectivity index (χ0v) is 11.3. The molecule has 3 nitrogen and oxygen atoms in total. The van der Waals surface area contributed by atoms with Crippen molar-refractivity contribution in [1.82, 2.24) is 14.5 Å². The molecule has 0 aliphatic rings. The summed E-state index contributed by atoms with van der Waals surface area (Å²) in [5, 5.41) is 0. The lowest BCUT2D eigenvalue weighted by atomic mass is 10.3. The van der Waals surface area contributed by atoms with E-state index in [0.29, 0.717) is 11.9 Å². The zero-order valence-electron chi connectivity index (χ0n) is 10.5. The summed E-state index contributed by atoms with van der Waals surface area (Å²) < 4.78 is 2.22. The number of rotatable bonds is 4. The van der Waals surface area contributed by atoms with Crippen LogP contribution in [0.4, 0.5) is 0 Å². The second-order valence-electron chi connectivity index (χ2n) is 4.57. The molecule has 2 aromatic rings. The molecule has 0 aliphatic carbocycles. The Morgan fingerprint density at radius 1 is 1.35 bits per heavy atom. The molecule has 92 valence electrons. The molecule has 1 unspecified atom stereocenters. The van der Waals surface area contributed by atoms with Crippen molar-refractivity contribution in [3.05, 3.63) is 30.1 Å². The lowest BCUT2D eigenvalue weighted by molar-refractivity contribution is 0.284. The predicted octanol–water partition coefficient (Wildman–Crippen LogP) is 2.73. The molecule has 0 radical (unpaired) electrons. The average molecular weight is 252 g/mol. The van der Waals surface area contributed by atoms with Crippen LogP contribution in [0.3, 0.4) is 0 Å². The van der Waals surface area contributed by atoms with E-state index in [-0.39, 0.29) is 0 Å². The summed E-state index contributed by atoms with van der Waals surface area (Å²) in [5.41, 5.74) is 2.19. The van der Waals surface area contributed by atoms with Crippen LogP contribution >= 0.6 is 11.6 Å². The van der Waals surface area contributed by atoms with Gasteiger partial charge in [0.05, 0.1) is 16.9 Å². The maximum Gasteiger partial charge on any atom is 0.124 e. The number of hydrogen-bond donors (Lipinski definition) is 0. The molecule has 4 heteroatoms. The van der Waals surface area contributed by atoms with Crippen LogP contribution in [-0.4, -0.2) is 34.6 Å². The first-order valence-corrected chi connectivity index (χ1v) is 6.33. The van der Waals surface area contributed by atoms with Gasteiger partial charge in [-0.1, -0.05) is 12.1 Å². The van der Waals surface area contributed by atoms with Crippen LogP contribution in [-0.2, 0) is 12.4 Å². The second-order valence-corrected chi connectivity index (χ2v) is 4.84. The first-order valence-electron chi connectivity index (χ1n) is 5.80. The minimum atomic E-state index is 0.453. The lowest BCUT2D eigenvalue weighted by Gasteiger charge is -2.21.